The number of imidazole rings is 3. The molecule has 0 radical (unpaired) electrons. The van der Waals surface area contributed by atoms with E-state index < -0.39 is 0 Å². The average molecular weight is 558 g/mol. The molecule has 9 rings (SSSR count). The lowest BCUT2D eigenvalue weighted by atomic mass is 10.4. The molecule has 0 saturated heterocycles. The number of aryl methyl sites for hydroxylation is 5. The zero-order valence-electron chi connectivity index (χ0n) is 23.7. The maximum absolute atomic E-state index is 4.54. The molecule has 0 amide bonds. The highest BCUT2D eigenvalue weighted by Gasteiger charge is 2.10. The summed E-state index contributed by atoms with van der Waals surface area (Å²) in [7, 11) is 4.09. The van der Waals surface area contributed by atoms with Gasteiger partial charge >= 0.3 is 0 Å². The summed E-state index contributed by atoms with van der Waals surface area (Å²) in [6.07, 6.45) is 10.3. The van der Waals surface area contributed by atoms with E-state index in [1.165, 1.54) is 22.1 Å². The van der Waals surface area contributed by atoms with E-state index >= 15 is 0 Å². The van der Waals surface area contributed by atoms with Crippen LogP contribution in [0.5, 0.6) is 0 Å². The Morgan fingerprint density at radius 3 is 2.00 bits per heavy atom. The minimum absolute atomic E-state index is 0. The van der Waals surface area contributed by atoms with Gasteiger partial charge < -0.3 is 22.9 Å². The summed E-state index contributed by atoms with van der Waals surface area (Å²) in [5, 5.41) is 0. The summed E-state index contributed by atoms with van der Waals surface area (Å²) in [5.74, 6) is 3.07. The van der Waals surface area contributed by atoms with Crippen LogP contribution in [0.2, 0.25) is 0 Å². The molecule has 0 saturated carbocycles. The van der Waals surface area contributed by atoms with Gasteiger partial charge in [0.25, 0.3) is 0 Å². The molecule has 0 unspecified atom stereocenters. The van der Waals surface area contributed by atoms with Crippen molar-refractivity contribution in [1.82, 2.24) is 42.3 Å². The Morgan fingerprint density at radius 2 is 1.24 bits per heavy atom. The Hall–Kier alpha value is -5.31. The molecular weight excluding hydrogens is 522 g/mol. The van der Waals surface area contributed by atoms with Crippen molar-refractivity contribution in [2.75, 3.05) is 0 Å². The predicted octanol–water partition coefficient (Wildman–Crippen LogP) is 7.03. The van der Waals surface area contributed by atoms with Gasteiger partial charge in [0.2, 0.25) is 0 Å². The molecule has 9 heteroatoms. The molecule has 0 spiro atoms. The van der Waals surface area contributed by atoms with E-state index in [1.54, 1.807) is 0 Å². The van der Waals surface area contributed by atoms with Gasteiger partial charge in [-0.15, -0.1) is 0 Å². The van der Waals surface area contributed by atoms with Crippen molar-refractivity contribution in [1.29, 1.82) is 0 Å². The summed E-state index contributed by atoms with van der Waals surface area (Å²) in [6, 6.07) is 20.6. The maximum Gasteiger partial charge on any atom is 0.163 e. The van der Waals surface area contributed by atoms with Crippen molar-refractivity contribution in [3.8, 4) is 0 Å². The molecule has 212 valence electrons. The number of hydrogen-bond donors (Lipinski definition) is 1. The summed E-state index contributed by atoms with van der Waals surface area (Å²) in [5.41, 5.74) is 10.2. The Balaban J connectivity index is 0.000000111. The zero-order chi connectivity index (χ0) is 28.2. The van der Waals surface area contributed by atoms with Gasteiger partial charge in [0.05, 0.1) is 27.6 Å². The lowest BCUT2D eigenvalue weighted by Gasteiger charge is -1.94. The van der Waals surface area contributed by atoms with Gasteiger partial charge in [-0.2, -0.15) is 0 Å². The number of nitrogens with one attached hydrogen (secondary N) is 1. The number of hydrogen-bond acceptors (Lipinski definition) is 3. The minimum atomic E-state index is 0. The highest BCUT2D eigenvalue weighted by molar-refractivity contribution is 5.93. The van der Waals surface area contributed by atoms with Gasteiger partial charge in [0.1, 0.15) is 28.5 Å². The first-order valence-corrected chi connectivity index (χ1v) is 13.6. The summed E-state index contributed by atoms with van der Waals surface area (Å²) in [4.78, 5) is 16.7. The highest BCUT2D eigenvalue weighted by atomic mass is 15.1. The molecular formula is C33H35N9. The third-order valence-corrected chi connectivity index (χ3v) is 7.76. The fraction of sp³-hybridized carbons (Fsp3) is 0.182. The summed E-state index contributed by atoms with van der Waals surface area (Å²) in [6.45, 7) is 6.02. The number of nitrogens with zero attached hydrogens (tertiary/aromatic N) is 8. The first-order valence-electron chi connectivity index (χ1n) is 13.6. The van der Waals surface area contributed by atoms with Gasteiger partial charge in [0, 0.05) is 50.6 Å². The van der Waals surface area contributed by atoms with E-state index in [2.05, 4.69) is 78.9 Å². The van der Waals surface area contributed by atoms with Crippen molar-refractivity contribution in [2.45, 2.75) is 28.2 Å². The van der Waals surface area contributed by atoms with Crippen LogP contribution in [0.1, 0.15) is 24.9 Å². The SMILES string of the molecule is C.Cc1nc2c(cc3ccccn32)n1C.Cc1nc2c(cn3ccccc23)[nH]1.Cc1nc2c(cn3ccccc23)n1C. The second-order valence-corrected chi connectivity index (χ2v) is 10.3. The van der Waals surface area contributed by atoms with Crippen molar-refractivity contribution < 1.29 is 0 Å². The van der Waals surface area contributed by atoms with Gasteiger partial charge in [-0.1, -0.05) is 25.6 Å². The number of H-pyrrole nitrogens is 1. The first kappa shape index (κ1) is 26.9. The molecule has 9 nitrogen and oxygen atoms in total. The molecule has 0 aromatic carbocycles. The molecule has 42 heavy (non-hydrogen) atoms. The Morgan fingerprint density at radius 1 is 0.619 bits per heavy atom. The van der Waals surface area contributed by atoms with E-state index in [4.69, 9.17) is 0 Å². The van der Waals surface area contributed by atoms with Crippen molar-refractivity contribution in [3.05, 3.63) is 109 Å². The van der Waals surface area contributed by atoms with E-state index in [0.29, 0.717) is 0 Å². The quantitative estimate of drug-likeness (QED) is 0.217. The first-order chi connectivity index (χ1) is 19.9. The Kier molecular flexibility index (Phi) is 6.57. The third-order valence-electron chi connectivity index (χ3n) is 7.76. The van der Waals surface area contributed by atoms with Gasteiger partial charge in [0.15, 0.2) is 5.65 Å². The average Bonchev–Trinajstić information content (AvgIpc) is 3.80. The lowest BCUT2D eigenvalue weighted by molar-refractivity contribution is 0.882. The van der Waals surface area contributed by atoms with Gasteiger partial charge in [-0.3, -0.25) is 4.40 Å². The van der Waals surface area contributed by atoms with Gasteiger partial charge in [-0.05, 0) is 63.2 Å². The van der Waals surface area contributed by atoms with Crippen LogP contribution in [0.4, 0.5) is 0 Å². The van der Waals surface area contributed by atoms with Crippen LogP contribution < -0.4 is 0 Å². The summed E-state index contributed by atoms with van der Waals surface area (Å²) < 4.78 is 10.5. The zero-order valence-corrected chi connectivity index (χ0v) is 23.7. The van der Waals surface area contributed by atoms with Crippen molar-refractivity contribution in [3.63, 3.8) is 0 Å². The fourth-order valence-corrected chi connectivity index (χ4v) is 5.43. The van der Waals surface area contributed by atoms with Crippen LogP contribution in [0.3, 0.4) is 0 Å². The van der Waals surface area contributed by atoms with Crippen LogP contribution in [0, 0.1) is 20.8 Å². The number of fused-ring (bicyclic) bond motifs is 9. The Bertz CT molecular complexity index is 2220. The van der Waals surface area contributed by atoms with E-state index in [-0.39, 0.29) is 7.43 Å². The van der Waals surface area contributed by atoms with E-state index in [1.807, 2.05) is 89.9 Å². The largest absolute Gasteiger partial charge is 0.341 e. The van der Waals surface area contributed by atoms with E-state index in [9.17, 15) is 0 Å². The molecule has 9 heterocycles. The molecule has 0 aliphatic carbocycles. The standard InChI is InChI=1S/2C11H11N3.C10H9N3.CH4/c1-8-12-11-9-5-3-4-6-14(9)7-10(11)13(8)2;1-8-12-11-10(13(8)2)7-9-5-3-4-6-14(9)11;1-7-11-8-6-13-5-3-2-4-9(13)10(8)12-7;/h2*3-7H,1-2H3;2-6H,1H3,(H,11,12);1H4. The summed E-state index contributed by atoms with van der Waals surface area (Å²) >= 11 is 0. The van der Waals surface area contributed by atoms with Crippen LogP contribution in [-0.4, -0.2) is 42.3 Å². The predicted molar refractivity (Wildman–Crippen MR) is 171 cm³/mol. The normalized spacial score (nSPS) is 11.3. The maximum atomic E-state index is 4.54. The molecule has 0 bridgehead atoms. The van der Waals surface area contributed by atoms with Crippen molar-refractivity contribution >= 4 is 49.8 Å². The van der Waals surface area contributed by atoms with Crippen LogP contribution in [-0.2, 0) is 14.1 Å². The second-order valence-electron chi connectivity index (χ2n) is 10.3. The van der Waals surface area contributed by atoms with Crippen LogP contribution in [0.15, 0.2) is 91.6 Å². The fourth-order valence-electron chi connectivity index (χ4n) is 5.43. The molecule has 0 atom stereocenters. The number of aromatic nitrogens is 9. The monoisotopic (exact) mass is 557 g/mol. The second kappa shape index (κ2) is 10.3. The van der Waals surface area contributed by atoms with Gasteiger partial charge in [-0.25, -0.2) is 15.0 Å². The third kappa shape index (κ3) is 4.30. The Labute approximate surface area is 243 Å². The molecule has 9 aromatic rings. The smallest absolute Gasteiger partial charge is 0.163 e. The van der Waals surface area contributed by atoms with Crippen LogP contribution in [0.25, 0.3) is 49.8 Å². The molecule has 1 N–H and O–H groups in total. The number of rotatable bonds is 0. The highest BCUT2D eigenvalue weighted by Crippen LogP contribution is 2.22. The van der Waals surface area contributed by atoms with Crippen molar-refractivity contribution in [2.24, 2.45) is 14.1 Å². The molecule has 9 aromatic heterocycles. The van der Waals surface area contributed by atoms with E-state index in [0.717, 1.165) is 45.2 Å². The molecule has 0 fully saturated rings. The lowest BCUT2D eigenvalue weighted by Crippen LogP contribution is -1.90. The number of aromatic amines is 1. The van der Waals surface area contributed by atoms with Crippen LogP contribution >= 0.6 is 0 Å². The topological polar surface area (TPSA) is 77.6 Å². The molecule has 0 aliphatic heterocycles. The molecule has 0 aliphatic rings. The number of pyridine rings is 3. The minimum Gasteiger partial charge on any atom is -0.341 e.